The minimum Gasteiger partial charge on any atom is -0.392 e. The first kappa shape index (κ1) is 16.0. The summed E-state index contributed by atoms with van der Waals surface area (Å²) in [4.78, 5) is 12.3. The van der Waals surface area contributed by atoms with Gasteiger partial charge in [-0.25, -0.2) is 0 Å². The number of aliphatic hydroxyl groups excluding tert-OH is 1. The standard InChI is InChI=1S/C17H25NO3/c1-2-5-16-10-13(8-9-21-16)17(20)18-11-14-6-3-4-7-15(14)12-19/h3-4,6-7,13,16,19H,2,5,8-12H2,1H3,(H,18,20). The van der Waals surface area contributed by atoms with Crippen molar-refractivity contribution in [3.05, 3.63) is 35.4 Å². The lowest BCUT2D eigenvalue weighted by Crippen LogP contribution is -2.37. The topological polar surface area (TPSA) is 58.6 Å². The predicted molar refractivity (Wildman–Crippen MR) is 81.6 cm³/mol. The Morgan fingerprint density at radius 3 is 2.86 bits per heavy atom. The number of hydrogen-bond donors (Lipinski definition) is 2. The fourth-order valence-corrected chi connectivity index (χ4v) is 2.85. The molecule has 0 radical (unpaired) electrons. The first-order valence-corrected chi connectivity index (χ1v) is 7.81. The number of hydrogen-bond acceptors (Lipinski definition) is 3. The minimum atomic E-state index is 0.00187. The molecule has 0 aromatic heterocycles. The second-order valence-corrected chi connectivity index (χ2v) is 5.65. The fourth-order valence-electron chi connectivity index (χ4n) is 2.85. The number of benzene rings is 1. The van der Waals surface area contributed by atoms with Crippen molar-refractivity contribution in [1.29, 1.82) is 0 Å². The molecule has 4 heteroatoms. The zero-order valence-electron chi connectivity index (χ0n) is 12.7. The van der Waals surface area contributed by atoms with Crippen LogP contribution in [0.15, 0.2) is 24.3 Å². The van der Waals surface area contributed by atoms with Crippen LogP contribution in [0.25, 0.3) is 0 Å². The summed E-state index contributed by atoms with van der Waals surface area (Å²) in [5.41, 5.74) is 1.85. The maximum atomic E-state index is 12.3. The normalized spacial score (nSPS) is 22.0. The highest BCUT2D eigenvalue weighted by atomic mass is 16.5. The van der Waals surface area contributed by atoms with Crippen LogP contribution in [0.2, 0.25) is 0 Å². The molecule has 1 amide bonds. The third kappa shape index (κ3) is 4.55. The van der Waals surface area contributed by atoms with Gasteiger partial charge in [0.05, 0.1) is 12.7 Å². The lowest BCUT2D eigenvalue weighted by atomic mass is 9.92. The molecule has 21 heavy (non-hydrogen) atoms. The number of aliphatic hydroxyl groups is 1. The maximum absolute atomic E-state index is 12.3. The van der Waals surface area contributed by atoms with E-state index < -0.39 is 0 Å². The molecule has 1 heterocycles. The Kier molecular flexibility index (Phi) is 6.21. The Morgan fingerprint density at radius 1 is 1.38 bits per heavy atom. The van der Waals surface area contributed by atoms with Crippen molar-refractivity contribution >= 4 is 5.91 Å². The van der Waals surface area contributed by atoms with E-state index in [-0.39, 0.29) is 24.5 Å². The van der Waals surface area contributed by atoms with Gasteiger partial charge in [0.15, 0.2) is 0 Å². The van der Waals surface area contributed by atoms with E-state index in [1.165, 1.54) is 0 Å². The molecule has 1 saturated heterocycles. The van der Waals surface area contributed by atoms with Gasteiger partial charge in [0, 0.05) is 19.1 Å². The fraction of sp³-hybridized carbons (Fsp3) is 0.588. The summed E-state index contributed by atoms with van der Waals surface area (Å²) in [7, 11) is 0. The van der Waals surface area contributed by atoms with Gasteiger partial charge in [-0.2, -0.15) is 0 Å². The lowest BCUT2D eigenvalue weighted by molar-refractivity contribution is -0.130. The summed E-state index contributed by atoms with van der Waals surface area (Å²) in [6.07, 6.45) is 3.96. The van der Waals surface area contributed by atoms with Gasteiger partial charge < -0.3 is 15.2 Å². The number of nitrogens with one attached hydrogen (secondary N) is 1. The number of rotatable bonds is 6. The van der Waals surface area contributed by atoms with Gasteiger partial charge in [-0.05, 0) is 30.4 Å². The number of amides is 1. The average molecular weight is 291 g/mol. The molecule has 0 spiro atoms. The van der Waals surface area contributed by atoms with Crippen molar-refractivity contribution < 1.29 is 14.6 Å². The molecular weight excluding hydrogens is 266 g/mol. The third-order valence-electron chi connectivity index (χ3n) is 4.09. The monoisotopic (exact) mass is 291 g/mol. The van der Waals surface area contributed by atoms with Crippen LogP contribution in [0.4, 0.5) is 0 Å². The maximum Gasteiger partial charge on any atom is 0.223 e. The molecule has 2 rings (SSSR count). The molecule has 2 N–H and O–H groups in total. The summed E-state index contributed by atoms with van der Waals surface area (Å²) in [5, 5.41) is 12.3. The van der Waals surface area contributed by atoms with E-state index in [4.69, 9.17) is 4.74 Å². The first-order valence-electron chi connectivity index (χ1n) is 7.81. The van der Waals surface area contributed by atoms with Crippen LogP contribution in [0.1, 0.15) is 43.7 Å². The smallest absolute Gasteiger partial charge is 0.223 e. The Morgan fingerprint density at radius 2 is 2.14 bits per heavy atom. The summed E-state index contributed by atoms with van der Waals surface area (Å²) < 4.78 is 5.68. The molecule has 1 aromatic carbocycles. The molecule has 1 aliphatic heterocycles. The lowest BCUT2D eigenvalue weighted by Gasteiger charge is -2.28. The molecule has 0 aliphatic carbocycles. The van der Waals surface area contributed by atoms with Gasteiger partial charge in [-0.3, -0.25) is 4.79 Å². The quantitative estimate of drug-likeness (QED) is 0.846. The van der Waals surface area contributed by atoms with Gasteiger partial charge in [-0.15, -0.1) is 0 Å². The van der Waals surface area contributed by atoms with Crippen LogP contribution in [0, 0.1) is 5.92 Å². The van der Waals surface area contributed by atoms with E-state index in [2.05, 4.69) is 12.2 Å². The Bertz CT molecular complexity index is 459. The van der Waals surface area contributed by atoms with Gasteiger partial charge in [0.1, 0.15) is 0 Å². The molecule has 0 bridgehead atoms. The van der Waals surface area contributed by atoms with Crippen LogP contribution in [-0.4, -0.2) is 23.7 Å². The molecule has 4 nitrogen and oxygen atoms in total. The SMILES string of the molecule is CCCC1CC(C(=O)NCc2ccccc2CO)CCO1. The summed E-state index contributed by atoms with van der Waals surface area (Å²) in [6, 6.07) is 7.64. The average Bonchev–Trinajstić information content (AvgIpc) is 2.53. The van der Waals surface area contributed by atoms with Crippen LogP contribution in [0.3, 0.4) is 0 Å². The Balaban J connectivity index is 1.86. The highest BCUT2D eigenvalue weighted by Gasteiger charge is 2.27. The van der Waals surface area contributed by atoms with Crippen molar-refractivity contribution in [3.8, 4) is 0 Å². The number of ether oxygens (including phenoxy) is 1. The molecule has 1 aliphatic rings. The zero-order chi connectivity index (χ0) is 15.1. The van der Waals surface area contributed by atoms with Crippen LogP contribution in [-0.2, 0) is 22.7 Å². The molecule has 1 fully saturated rings. The van der Waals surface area contributed by atoms with E-state index in [0.717, 1.165) is 36.8 Å². The summed E-state index contributed by atoms with van der Waals surface area (Å²) in [6.45, 7) is 3.29. The molecular formula is C17H25NO3. The van der Waals surface area contributed by atoms with Crippen LogP contribution < -0.4 is 5.32 Å². The van der Waals surface area contributed by atoms with Crippen LogP contribution in [0.5, 0.6) is 0 Å². The Labute approximate surface area is 126 Å². The van der Waals surface area contributed by atoms with E-state index in [1.807, 2.05) is 24.3 Å². The second kappa shape index (κ2) is 8.15. The Hall–Kier alpha value is -1.39. The highest BCUT2D eigenvalue weighted by molar-refractivity contribution is 5.78. The van der Waals surface area contributed by atoms with Gasteiger partial charge in [0.2, 0.25) is 5.91 Å². The molecule has 1 aromatic rings. The molecule has 0 saturated carbocycles. The zero-order valence-corrected chi connectivity index (χ0v) is 12.7. The van der Waals surface area contributed by atoms with E-state index in [0.29, 0.717) is 13.2 Å². The van der Waals surface area contributed by atoms with E-state index in [9.17, 15) is 9.90 Å². The third-order valence-corrected chi connectivity index (χ3v) is 4.09. The van der Waals surface area contributed by atoms with Crippen LogP contribution >= 0.6 is 0 Å². The van der Waals surface area contributed by atoms with Crippen molar-refractivity contribution in [2.75, 3.05) is 6.61 Å². The second-order valence-electron chi connectivity index (χ2n) is 5.65. The minimum absolute atomic E-state index is 0.00187. The first-order chi connectivity index (χ1) is 10.2. The van der Waals surface area contributed by atoms with Gasteiger partial charge in [-0.1, -0.05) is 37.6 Å². The van der Waals surface area contributed by atoms with Crippen molar-refractivity contribution in [1.82, 2.24) is 5.32 Å². The molecule has 2 atom stereocenters. The largest absolute Gasteiger partial charge is 0.392 e. The summed E-state index contributed by atoms with van der Waals surface area (Å²) >= 11 is 0. The predicted octanol–water partition coefficient (Wildman–Crippen LogP) is 2.39. The van der Waals surface area contributed by atoms with Crippen molar-refractivity contribution in [2.45, 2.75) is 51.9 Å². The van der Waals surface area contributed by atoms with E-state index in [1.54, 1.807) is 0 Å². The number of carbonyl (C=O) groups excluding carboxylic acids is 1. The molecule has 2 unspecified atom stereocenters. The van der Waals surface area contributed by atoms with Crippen molar-refractivity contribution in [3.63, 3.8) is 0 Å². The van der Waals surface area contributed by atoms with Gasteiger partial charge in [0.25, 0.3) is 0 Å². The van der Waals surface area contributed by atoms with Gasteiger partial charge >= 0.3 is 0 Å². The van der Waals surface area contributed by atoms with E-state index >= 15 is 0 Å². The van der Waals surface area contributed by atoms with Crippen molar-refractivity contribution in [2.24, 2.45) is 5.92 Å². The summed E-state index contributed by atoms with van der Waals surface area (Å²) in [5.74, 6) is 0.156. The molecule has 116 valence electrons. The number of carbonyl (C=O) groups is 1. The highest BCUT2D eigenvalue weighted by Crippen LogP contribution is 2.23.